The van der Waals surface area contributed by atoms with Crippen LogP contribution in [0.5, 0.6) is 5.75 Å². The van der Waals surface area contributed by atoms with E-state index < -0.39 is 0 Å². The summed E-state index contributed by atoms with van der Waals surface area (Å²) in [6, 6.07) is 10.6. The molecule has 1 heterocycles. The van der Waals surface area contributed by atoms with Crippen LogP contribution >= 0.6 is 0 Å². The van der Waals surface area contributed by atoms with E-state index in [4.69, 9.17) is 9.15 Å². The van der Waals surface area contributed by atoms with Crippen molar-refractivity contribution >= 4 is 5.69 Å². The van der Waals surface area contributed by atoms with Crippen LogP contribution in [0.25, 0.3) is 0 Å². The van der Waals surface area contributed by atoms with Gasteiger partial charge in [0.1, 0.15) is 11.5 Å². The summed E-state index contributed by atoms with van der Waals surface area (Å²) in [5, 5.41) is 3.39. The van der Waals surface area contributed by atoms with E-state index in [1.807, 2.05) is 31.5 Å². The Kier molecular flexibility index (Phi) is 5.28. The lowest BCUT2D eigenvalue weighted by Gasteiger charge is -2.18. The van der Waals surface area contributed by atoms with Crippen molar-refractivity contribution in [3.8, 4) is 5.75 Å². The number of nitrogens with one attached hydrogen (secondary N) is 1. The van der Waals surface area contributed by atoms with E-state index in [0.29, 0.717) is 6.04 Å². The smallest absolute Gasteiger partial charge is 0.123 e. The zero-order chi connectivity index (χ0) is 15.2. The molecule has 1 N–H and O–H groups in total. The number of rotatable bonds is 7. The van der Waals surface area contributed by atoms with Gasteiger partial charge in [0, 0.05) is 37.0 Å². The predicted molar refractivity (Wildman–Crippen MR) is 85.8 cm³/mol. The molecule has 0 atom stereocenters. The first-order valence-corrected chi connectivity index (χ1v) is 7.23. The van der Waals surface area contributed by atoms with Gasteiger partial charge in [-0.25, -0.2) is 0 Å². The third kappa shape index (κ3) is 4.53. The Bertz CT molecular complexity index is 563. The molecule has 4 nitrogen and oxygen atoms in total. The van der Waals surface area contributed by atoms with Crippen LogP contribution in [0.4, 0.5) is 5.69 Å². The van der Waals surface area contributed by atoms with Crippen LogP contribution in [-0.4, -0.2) is 20.2 Å². The Morgan fingerprint density at radius 1 is 1.29 bits per heavy atom. The quantitative estimate of drug-likeness (QED) is 0.847. The van der Waals surface area contributed by atoms with Gasteiger partial charge >= 0.3 is 0 Å². The fourth-order valence-electron chi connectivity index (χ4n) is 2.10. The molecule has 0 spiro atoms. The van der Waals surface area contributed by atoms with Crippen molar-refractivity contribution in [3.05, 3.63) is 47.9 Å². The average Bonchev–Trinajstić information content (AvgIpc) is 2.92. The van der Waals surface area contributed by atoms with E-state index in [1.165, 1.54) is 5.56 Å². The van der Waals surface area contributed by atoms with Crippen molar-refractivity contribution in [3.63, 3.8) is 0 Å². The molecule has 1 aromatic heterocycles. The van der Waals surface area contributed by atoms with Gasteiger partial charge in [0.2, 0.25) is 0 Å². The van der Waals surface area contributed by atoms with Gasteiger partial charge in [-0.1, -0.05) is 19.9 Å². The highest BCUT2D eigenvalue weighted by atomic mass is 16.5. The third-order valence-corrected chi connectivity index (χ3v) is 3.31. The van der Waals surface area contributed by atoms with E-state index in [-0.39, 0.29) is 0 Å². The van der Waals surface area contributed by atoms with Gasteiger partial charge in [0.15, 0.2) is 0 Å². The first-order chi connectivity index (χ1) is 10.1. The Labute approximate surface area is 126 Å². The van der Waals surface area contributed by atoms with Crippen LogP contribution < -0.4 is 15.0 Å². The monoisotopic (exact) mass is 288 g/mol. The molecule has 0 aliphatic rings. The van der Waals surface area contributed by atoms with Crippen LogP contribution in [-0.2, 0) is 13.1 Å². The molecule has 0 amide bonds. The fraction of sp³-hybridized carbons (Fsp3) is 0.412. The normalized spacial score (nSPS) is 10.9. The van der Waals surface area contributed by atoms with Crippen molar-refractivity contribution in [2.24, 2.45) is 0 Å². The molecule has 4 heteroatoms. The number of hydrogen-bond acceptors (Lipinski definition) is 4. The molecule has 0 unspecified atom stereocenters. The van der Waals surface area contributed by atoms with Gasteiger partial charge in [0.25, 0.3) is 0 Å². The average molecular weight is 288 g/mol. The number of hydrogen-bond donors (Lipinski definition) is 1. The molecule has 0 radical (unpaired) electrons. The molecule has 2 aromatic rings. The fourth-order valence-corrected chi connectivity index (χ4v) is 2.10. The maximum atomic E-state index is 5.63. The number of methoxy groups -OCH3 is 1. The number of furan rings is 1. The minimum absolute atomic E-state index is 0.475. The molecule has 114 valence electrons. The van der Waals surface area contributed by atoms with Crippen LogP contribution in [0, 0.1) is 0 Å². The highest BCUT2D eigenvalue weighted by Crippen LogP contribution is 2.22. The Balaban J connectivity index is 1.97. The zero-order valence-corrected chi connectivity index (χ0v) is 13.2. The van der Waals surface area contributed by atoms with Gasteiger partial charge < -0.3 is 19.4 Å². The van der Waals surface area contributed by atoms with Gasteiger partial charge in [-0.3, -0.25) is 0 Å². The van der Waals surface area contributed by atoms with E-state index in [0.717, 1.165) is 30.3 Å². The summed E-state index contributed by atoms with van der Waals surface area (Å²) >= 11 is 0. The van der Waals surface area contributed by atoms with Crippen molar-refractivity contribution in [2.45, 2.75) is 33.0 Å². The first kappa shape index (κ1) is 15.4. The van der Waals surface area contributed by atoms with Gasteiger partial charge in [0.05, 0.1) is 19.9 Å². The molecule has 2 rings (SSSR count). The highest BCUT2D eigenvalue weighted by molar-refractivity contribution is 5.50. The van der Waals surface area contributed by atoms with Gasteiger partial charge in [-0.05, 0) is 18.2 Å². The molecule has 1 aromatic carbocycles. The number of benzene rings is 1. The number of nitrogens with zero attached hydrogens (tertiary/aromatic N) is 1. The molecule has 21 heavy (non-hydrogen) atoms. The first-order valence-electron chi connectivity index (χ1n) is 7.23. The second kappa shape index (κ2) is 7.18. The Morgan fingerprint density at radius 2 is 2.10 bits per heavy atom. The van der Waals surface area contributed by atoms with Crippen LogP contribution in [0.3, 0.4) is 0 Å². The minimum Gasteiger partial charge on any atom is -0.497 e. The highest BCUT2D eigenvalue weighted by Gasteiger charge is 2.07. The Hall–Kier alpha value is -1.94. The predicted octanol–water partition coefficient (Wildman–Crippen LogP) is 3.42. The summed E-state index contributed by atoms with van der Waals surface area (Å²) in [5.41, 5.74) is 2.28. The van der Waals surface area contributed by atoms with Crippen molar-refractivity contribution < 1.29 is 9.15 Å². The molecular weight excluding hydrogens is 264 g/mol. The molecule has 0 aliphatic carbocycles. The molecule has 0 fully saturated rings. The zero-order valence-electron chi connectivity index (χ0n) is 13.2. The van der Waals surface area contributed by atoms with Crippen LogP contribution in [0.15, 0.2) is 41.0 Å². The number of ether oxygens (including phenoxy) is 1. The summed E-state index contributed by atoms with van der Waals surface area (Å²) in [7, 11) is 3.73. The minimum atomic E-state index is 0.475. The summed E-state index contributed by atoms with van der Waals surface area (Å²) < 4.78 is 10.9. The summed E-state index contributed by atoms with van der Waals surface area (Å²) in [4.78, 5) is 2.14. The van der Waals surface area contributed by atoms with Crippen LogP contribution in [0.2, 0.25) is 0 Å². The van der Waals surface area contributed by atoms with Crippen LogP contribution in [0.1, 0.15) is 25.2 Å². The lowest BCUT2D eigenvalue weighted by atomic mass is 10.2. The van der Waals surface area contributed by atoms with Crippen molar-refractivity contribution in [1.29, 1.82) is 0 Å². The molecule has 0 saturated heterocycles. The molecular formula is C17H24N2O2. The Morgan fingerprint density at radius 3 is 2.81 bits per heavy atom. The maximum absolute atomic E-state index is 5.63. The third-order valence-electron chi connectivity index (χ3n) is 3.31. The second-order valence-corrected chi connectivity index (χ2v) is 5.51. The largest absolute Gasteiger partial charge is 0.497 e. The van der Waals surface area contributed by atoms with Gasteiger partial charge in [-0.2, -0.15) is 0 Å². The van der Waals surface area contributed by atoms with E-state index in [2.05, 4.69) is 36.2 Å². The van der Waals surface area contributed by atoms with E-state index in [1.54, 1.807) is 7.11 Å². The van der Waals surface area contributed by atoms with E-state index >= 15 is 0 Å². The van der Waals surface area contributed by atoms with Gasteiger partial charge in [-0.15, -0.1) is 0 Å². The molecule has 0 saturated carbocycles. The number of anilines is 1. The molecule has 0 bridgehead atoms. The van der Waals surface area contributed by atoms with Crippen molar-refractivity contribution in [2.75, 3.05) is 19.1 Å². The topological polar surface area (TPSA) is 37.6 Å². The second-order valence-electron chi connectivity index (χ2n) is 5.51. The standard InChI is InChI=1S/C17H24N2O2/c1-13(2)18-10-14-8-17(21-12-14)11-19(3)15-6-5-7-16(9-15)20-4/h5-9,12-13,18H,10-11H2,1-4H3. The SMILES string of the molecule is COc1cccc(N(C)Cc2cc(CNC(C)C)co2)c1. The lowest BCUT2D eigenvalue weighted by molar-refractivity contribution is 0.414. The summed E-state index contributed by atoms with van der Waals surface area (Å²) in [6.07, 6.45) is 1.82. The lowest BCUT2D eigenvalue weighted by Crippen LogP contribution is -2.21. The van der Waals surface area contributed by atoms with Crippen molar-refractivity contribution in [1.82, 2.24) is 5.32 Å². The summed E-state index contributed by atoms with van der Waals surface area (Å²) in [5.74, 6) is 1.82. The summed E-state index contributed by atoms with van der Waals surface area (Å²) in [6.45, 7) is 5.84. The maximum Gasteiger partial charge on any atom is 0.123 e. The van der Waals surface area contributed by atoms with E-state index in [9.17, 15) is 0 Å². The molecule has 0 aliphatic heterocycles.